The molecule has 8 aromatic rings. The van der Waals surface area contributed by atoms with Crippen molar-refractivity contribution < 1.29 is 4.74 Å². The predicted octanol–water partition coefficient (Wildman–Crippen LogP) is 11.4. The van der Waals surface area contributed by atoms with Crippen LogP contribution >= 0.6 is 0 Å². The van der Waals surface area contributed by atoms with Gasteiger partial charge in [0.15, 0.2) is 0 Å². The summed E-state index contributed by atoms with van der Waals surface area (Å²) in [6.07, 6.45) is 1.01. The Bertz CT molecular complexity index is 2500. The third-order valence-corrected chi connectivity index (χ3v) is 10.3. The summed E-state index contributed by atoms with van der Waals surface area (Å²) in [6.45, 7) is 0.599. The van der Waals surface area contributed by atoms with E-state index in [0.29, 0.717) is 12.5 Å². The first kappa shape index (κ1) is 26.4. The minimum absolute atomic E-state index is 0.370. The molecule has 0 bridgehead atoms. The van der Waals surface area contributed by atoms with Crippen molar-refractivity contribution in [2.24, 2.45) is 0 Å². The molecule has 2 nitrogen and oxygen atoms in total. The first-order valence-electron chi connectivity index (χ1n) is 16.5. The molecular weight excluding hydrogens is 571 g/mol. The summed E-state index contributed by atoms with van der Waals surface area (Å²) in [5, 5.41) is 2.50. The van der Waals surface area contributed by atoms with Crippen molar-refractivity contribution in [3.05, 3.63) is 180 Å². The lowest BCUT2D eigenvalue weighted by Crippen LogP contribution is -2.12. The zero-order valence-corrected chi connectivity index (χ0v) is 25.9. The van der Waals surface area contributed by atoms with Crippen LogP contribution in [-0.4, -0.2) is 4.57 Å². The Morgan fingerprint density at radius 3 is 2.19 bits per heavy atom. The van der Waals surface area contributed by atoms with E-state index in [1.165, 1.54) is 71.9 Å². The normalized spacial score (nSPS) is 14.6. The first-order valence-corrected chi connectivity index (χ1v) is 16.5. The van der Waals surface area contributed by atoms with Crippen LogP contribution in [0.5, 0.6) is 5.75 Å². The van der Waals surface area contributed by atoms with Crippen LogP contribution in [0.2, 0.25) is 0 Å². The van der Waals surface area contributed by atoms with Gasteiger partial charge in [0.1, 0.15) is 12.4 Å². The number of benzene rings is 7. The van der Waals surface area contributed by atoms with E-state index >= 15 is 0 Å². The molecule has 1 aromatic heterocycles. The lowest BCUT2D eigenvalue weighted by molar-refractivity contribution is 0.302. The number of para-hydroxylation sites is 1. The highest BCUT2D eigenvalue weighted by Gasteiger charge is 2.27. The monoisotopic (exact) mass is 601 g/mol. The lowest BCUT2D eigenvalue weighted by Gasteiger charge is -2.29. The number of aromatic nitrogens is 1. The van der Waals surface area contributed by atoms with Gasteiger partial charge in [-0.25, -0.2) is 0 Å². The van der Waals surface area contributed by atoms with Crippen LogP contribution in [0.1, 0.15) is 28.2 Å². The van der Waals surface area contributed by atoms with E-state index in [-0.39, 0.29) is 0 Å². The predicted molar refractivity (Wildman–Crippen MR) is 193 cm³/mol. The molecule has 0 saturated carbocycles. The molecule has 0 N–H and O–H groups in total. The maximum atomic E-state index is 6.28. The summed E-state index contributed by atoms with van der Waals surface area (Å²) in [6, 6.07) is 57.8. The zero-order valence-electron chi connectivity index (χ0n) is 25.9. The van der Waals surface area contributed by atoms with E-state index < -0.39 is 0 Å². The summed E-state index contributed by atoms with van der Waals surface area (Å²) in [4.78, 5) is 0. The van der Waals surface area contributed by atoms with E-state index in [1.807, 2.05) is 0 Å². The quantitative estimate of drug-likeness (QED) is 0.196. The van der Waals surface area contributed by atoms with Gasteiger partial charge in [0.05, 0.1) is 16.7 Å². The highest BCUT2D eigenvalue weighted by molar-refractivity contribution is 6.11. The van der Waals surface area contributed by atoms with Crippen molar-refractivity contribution in [3.8, 4) is 44.8 Å². The molecule has 1 aliphatic carbocycles. The van der Waals surface area contributed by atoms with Gasteiger partial charge in [-0.05, 0) is 92.9 Å². The molecule has 0 fully saturated rings. The topological polar surface area (TPSA) is 14.2 Å². The van der Waals surface area contributed by atoms with Crippen molar-refractivity contribution in [2.75, 3.05) is 0 Å². The largest absolute Gasteiger partial charge is 0.488 e. The standard InChI is InChI=1S/C45H31NO/c1-2-11-29(12-3-1)38-27-32-22-21-30(25-39(32)36-16-7-6-15-35(36)38)31-23-24-42-40(26-31)37-17-8-9-18-41(37)46(42)43-19-10-20-44-45(43)34-14-5-4-13-33(34)28-47-44/h1-26,38H,27-28H2. The molecule has 2 heteroatoms. The Morgan fingerprint density at radius 1 is 0.511 bits per heavy atom. The minimum atomic E-state index is 0.370. The van der Waals surface area contributed by atoms with Crippen molar-refractivity contribution in [3.63, 3.8) is 0 Å². The summed E-state index contributed by atoms with van der Waals surface area (Å²) in [5.74, 6) is 1.31. The zero-order chi connectivity index (χ0) is 30.9. The van der Waals surface area contributed by atoms with Gasteiger partial charge in [-0.2, -0.15) is 0 Å². The molecule has 1 atom stereocenters. The van der Waals surface area contributed by atoms with Crippen LogP contribution in [0.25, 0.3) is 60.9 Å². The SMILES string of the molecule is c1ccc(C2Cc3ccc(-c4ccc5c(c4)c4ccccc4n5-c4cccc5c4-c4ccccc4CO5)cc3-c3ccccc32)cc1. The molecule has 222 valence electrons. The summed E-state index contributed by atoms with van der Waals surface area (Å²) >= 11 is 0. The molecule has 47 heavy (non-hydrogen) atoms. The maximum absolute atomic E-state index is 6.28. The van der Waals surface area contributed by atoms with Crippen molar-refractivity contribution in [1.29, 1.82) is 0 Å². The van der Waals surface area contributed by atoms with E-state index in [0.717, 1.165) is 23.4 Å². The fraction of sp³-hybridized carbons (Fsp3) is 0.0667. The van der Waals surface area contributed by atoms with Crippen molar-refractivity contribution in [2.45, 2.75) is 18.9 Å². The Hall–Kier alpha value is -5.86. The Morgan fingerprint density at radius 2 is 1.26 bits per heavy atom. The number of rotatable bonds is 3. The highest BCUT2D eigenvalue weighted by Crippen LogP contribution is 2.46. The van der Waals surface area contributed by atoms with Gasteiger partial charge in [-0.15, -0.1) is 0 Å². The molecule has 1 unspecified atom stereocenters. The van der Waals surface area contributed by atoms with Gasteiger partial charge >= 0.3 is 0 Å². The van der Waals surface area contributed by atoms with Gasteiger partial charge in [-0.3, -0.25) is 0 Å². The van der Waals surface area contributed by atoms with Gasteiger partial charge in [0, 0.05) is 22.3 Å². The third kappa shape index (κ3) is 4.05. The average Bonchev–Trinajstić information content (AvgIpc) is 3.48. The maximum Gasteiger partial charge on any atom is 0.129 e. The highest BCUT2D eigenvalue weighted by atomic mass is 16.5. The second-order valence-corrected chi connectivity index (χ2v) is 12.8. The van der Waals surface area contributed by atoms with Gasteiger partial charge < -0.3 is 9.30 Å². The van der Waals surface area contributed by atoms with Gasteiger partial charge in [-0.1, -0.05) is 121 Å². The molecule has 0 saturated heterocycles. The molecule has 10 rings (SSSR count). The third-order valence-electron chi connectivity index (χ3n) is 10.3. The molecule has 2 aliphatic rings. The summed E-state index contributed by atoms with van der Waals surface area (Å²) in [7, 11) is 0. The molecule has 0 spiro atoms. The molecular formula is C45H31NO. The molecule has 0 radical (unpaired) electrons. The van der Waals surface area contributed by atoms with Gasteiger partial charge in [0.2, 0.25) is 0 Å². The smallest absolute Gasteiger partial charge is 0.129 e. The molecule has 0 amide bonds. The number of fused-ring (bicyclic) bond motifs is 9. The molecule has 2 heterocycles. The Balaban J connectivity index is 1.13. The first-order chi connectivity index (χ1) is 23.3. The van der Waals surface area contributed by atoms with E-state index in [9.17, 15) is 0 Å². The number of nitrogens with zero attached hydrogens (tertiary/aromatic N) is 1. The van der Waals surface area contributed by atoms with E-state index in [2.05, 4.69) is 162 Å². The fourth-order valence-corrected chi connectivity index (χ4v) is 8.10. The van der Waals surface area contributed by atoms with Crippen LogP contribution in [-0.2, 0) is 13.0 Å². The average molecular weight is 602 g/mol. The van der Waals surface area contributed by atoms with Crippen LogP contribution < -0.4 is 4.74 Å². The van der Waals surface area contributed by atoms with Crippen LogP contribution in [0.3, 0.4) is 0 Å². The van der Waals surface area contributed by atoms with Crippen LogP contribution in [0.15, 0.2) is 158 Å². The number of hydrogen-bond acceptors (Lipinski definition) is 1. The summed E-state index contributed by atoms with van der Waals surface area (Å²) in [5.41, 5.74) is 16.5. The number of hydrogen-bond donors (Lipinski definition) is 0. The molecule has 7 aromatic carbocycles. The number of ether oxygens (including phenoxy) is 1. The fourth-order valence-electron chi connectivity index (χ4n) is 8.10. The Labute approximate surface area is 274 Å². The van der Waals surface area contributed by atoms with E-state index in [1.54, 1.807) is 0 Å². The second-order valence-electron chi connectivity index (χ2n) is 12.8. The second kappa shape index (κ2) is 10.3. The van der Waals surface area contributed by atoms with Gasteiger partial charge in [0.25, 0.3) is 0 Å². The van der Waals surface area contributed by atoms with Crippen molar-refractivity contribution >= 4 is 21.8 Å². The minimum Gasteiger partial charge on any atom is -0.488 e. The van der Waals surface area contributed by atoms with Crippen LogP contribution in [0.4, 0.5) is 0 Å². The van der Waals surface area contributed by atoms with Crippen molar-refractivity contribution in [1.82, 2.24) is 4.57 Å². The summed E-state index contributed by atoms with van der Waals surface area (Å²) < 4.78 is 8.70. The van der Waals surface area contributed by atoms with E-state index in [4.69, 9.17) is 4.74 Å². The molecule has 1 aliphatic heterocycles. The van der Waals surface area contributed by atoms with Crippen LogP contribution in [0, 0.1) is 0 Å². The lowest BCUT2D eigenvalue weighted by atomic mass is 9.75. The Kier molecular flexibility index (Phi) is 5.80.